The number of nitrogens with one attached hydrogen (secondary N) is 2. The van der Waals surface area contributed by atoms with Crippen molar-refractivity contribution in [2.24, 2.45) is 0 Å². The van der Waals surface area contributed by atoms with E-state index < -0.39 is 0 Å². The van der Waals surface area contributed by atoms with Gasteiger partial charge in [-0.1, -0.05) is 19.1 Å². The second-order valence-electron chi connectivity index (χ2n) is 5.39. The van der Waals surface area contributed by atoms with Crippen LogP contribution < -0.4 is 10.6 Å². The topological polar surface area (TPSA) is 41.1 Å². The van der Waals surface area contributed by atoms with Gasteiger partial charge in [-0.05, 0) is 52.9 Å². The molecule has 2 aromatic rings. The largest absolute Gasteiger partial charge is 0.326 e. The molecule has 1 heterocycles. The number of benzene rings is 1. The summed E-state index contributed by atoms with van der Waals surface area (Å²) in [6.45, 7) is 6.84. The van der Waals surface area contributed by atoms with Crippen molar-refractivity contribution in [2.75, 3.05) is 11.9 Å². The van der Waals surface area contributed by atoms with Crippen molar-refractivity contribution in [3.8, 4) is 0 Å². The van der Waals surface area contributed by atoms with E-state index in [9.17, 15) is 4.79 Å². The number of carbonyl (C=O) groups is 1. The van der Waals surface area contributed by atoms with Crippen LogP contribution in [0, 0.1) is 0 Å². The molecule has 2 atom stereocenters. The lowest BCUT2D eigenvalue weighted by molar-refractivity contribution is -0.114. The van der Waals surface area contributed by atoms with E-state index in [0.717, 1.165) is 12.2 Å². The molecule has 2 N–H and O–H groups in total. The van der Waals surface area contributed by atoms with Crippen LogP contribution in [0.25, 0.3) is 0 Å². The van der Waals surface area contributed by atoms with Crippen molar-refractivity contribution in [1.82, 2.24) is 5.32 Å². The zero-order chi connectivity index (χ0) is 15.2. The molecule has 0 saturated heterocycles. The minimum atomic E-state index is -0.0427. The lowest BCUT2D eigenvalue weighted by atomic mass is 10.0. The third-order valence-electron chi connectivity index (χ3n) is 3.55. The van der Waals surface area contributed by atoms with Gasteiger partial charge in [-0.2, -0.15) is 11.3 Å². The average molecular weight is 302 g/mol. The highest BCUT2D eigenvalue weighted by atomic mass is 32.1. The van der Waals surface area contributed by atoms with E-state index in [1.165, 1.54) is 18.1 Å². The molecule has 0 aliphatic heterocycles. The van der Waals surface area contributed by atoms with E-state index in [-0.39, 0.29) is 11.9 Å². The number of hydrogen-bond acceptors (Lipinski definition) is 3. The summed E-state index contributed by atoms with van der Waals surface area (Å²) in [5, 5.41) is 10.7. The molecule has 4 heteroatoms. The molecule has 0 unspecified atom stereocenters. The Morgan fingerprint density at radius 1 is 1.24 bits per heavy atom. The van der Waals surface area contributed by atoms with Crippen LogP contribution in [0.2, 0.25) is 0 Å². The van der Waals surface area contributed by atoms with Crippen LogP contribution in [0.4, 0.5) is 5.69 Å². The van der Waals surface area contributed by atoms with Crippen molar-refractivity contribution in [1.29, 1.82) is 0 Å². The van der Waals surface area contributed by atoms with Crippen LogP contribution >= 0.6 is 11.3 Å². The average Bonchev–Trinajstić information content (AvgIpc) is 2.98. The predicted molar refractivity (Wildman–Crippen MR) is 89.9 cm³/mol. The first-order chi connectivity index (χ1) is 10.1. The Hall–Kier alpha value is -1.65. The maximum atomic E-state index is 11.1. The van der Waals surface area contributed by atoms with Gasteiger partial charge in [-0.25, -0.2) is 0 Å². The highest BCUT2D eigenvalue weighted by Crippen LogP contribution is 2.20. The van der Waals surface area contributed by atoms with Gasteiger partial charge in [0.05, 0.1) is 0 Å². The van der Waals surface area contributed by atoms with Crippen molar-refractivity contribution in [2.45, 2.75) is 32.7 Å². The van der Waals surface area contributed by atoms with E-state index in [4.69, 9.17) is 0 Å². The Morgan fingerprint density at radius 2 is 2.05 bits per heavy atom. The first kappa shape index (κ1) is 15.7. The minimum absolute atomic E-state index is 0.0427. The van der Waals surface area contributed by atoms with Crippen LogP contribution in [0.1, 0.15) is 43.9 Å². The summed E-state index contributed by atoms with van der Waals surface area (Å²) in [5.74, 6) is 0.455. The molecule has 0 aliphatic rings. The smallest absolute Gasteiger partial charge is 0.221 e. The van der Waals surface area contributed by atoms with Gasteiger partial charge >= 0.3 is 0 Å². The summed E-state index contributed by atoms with van der Waals surface area (Å²) in [6.07, 6.45) is 0. The SMILES string of the molecule is CC(=O)Nc1cccc([C@@H](C)NC[C@@H](C)c2ccsc2)c1. The first-order valence-electron chi connectivity index (χ1n) is 7.19. The quantitative estimate of drug-likeness (QED) is 0.841. The summed E-state index contributed by atoms with van der Waals surface area (Å²) in [7, 11) is 0. The molecule has 112 valence electrons. The van der Waals surface area contributed by atoms with Gasteiger partial charge in [0, 0.05) is 25.2 Å². The van der Waals surface area contributed by atoms with Crippen LogP contribution in [0.5, 0.6) is 0 Å². The van der Waals surface area contributed by atoms with Gasteiger partial charge in [0.1, 0.15) is 0 Å². The predicted octanol–water partition coefficient (Wildman–Crippen LogP) is 4.16. The Morgan fingerprint density at radius 3 is 2.71 bits per heavy atom. The summed E-state index contributed by atoms with van der Waals surface area (Å²) >= 11 is 1.74. The number of rotatable bonds is 6. The fourth-order valence-corrected chi connectivity index (χ4v) is 3.02. The number of anilines is 1. The van der Waals surface area contributed by atoms with Crippen molar-refractivity contribution in [3.63, 3.8) is 0 Å². The second-order valence-corrected chi connectivity index (χ2v) is 6.17. The van der Waals surface area contributed by atoms with E-state index >= 15 is 0 Å². The summed E-state index contributed by atoms with van der Waals surface area (Å²) < 4.78 is 0. The molecule has 0 fully saturated rings. The van der Waals surface area contributed by atoms with E-state index in [1.54, 1.807) is 11.3 Å². The molecule has 1 aromatic heterocycles. The van der Waals surface area contributed by atoms with Crippen molar-refractivity contribution in [3.05, 3.63) is 52.2 Å². The summed E-state index contributed by atoms with van der Waals surface area (Å²) in [6, 6.07) is 10.4. The molecular formula is C17H22N2OS. The molecule has 2 rings (SSSR count). The van der Waals surface area contributed by atoms with Gasteiger partial charge < -0.3 is 10.6 Å². The maximum Gasteiger partial charge on any atom is 0.221 e. The monoisotopic (exact) mass is 302 g/mol. The Balaban J connectivity index is 1.93. The number of carbonyl (C=O) groups excluding carboxylic acids is 1. The van der Waals surface area contributed by atoms with Crippen LogP contribution in [0.3, 0.4) is 0 Å². The number of thiophene rings is 1. The van der Waals surface area contributed by atoms with E-state index in [2.05, 4.69) is 47.4 Å². The molecule has 0 saturated carbocycles. The number of amides is 1. The van der Waals surface area contributed by atoms with Gasteiger partial charge in [-0.3, -0.25) is 4.79 Å². The molecule has 1 aromatic carbocycles. The molecule has 0 radical (unpaired) electrons. The van der Waals surface area contributed by atoms with Gasteiger partial charge in [-0.15, -0.1) is 0 Å². The van der Waals surface area contributed by atoms with Gasteiger partial charge in [0.2, 0.25) is 5.91 Å². The minimum Gasteiger partial charge on any atom is -0.326 e. The van der Waals surface area contributed by atoms with Gasteiger partial charge in [0.25, 0.3) is 0 Å². The molecule has 21 heavy (non-hydrogen) atoms. The lowest BCUT2D eigenvalue weighted by Gasteiger charge is -2.18. The molecule has 3 nitrogen and oxygen atoms in total. The van der Waals surface area contributed by atoms with Crippen LogP contribution in [-0.2, 0) is 4.79 Å². The Kier molecular flexibility index (Phi) is 5.53. The fourth-order valence-electron chi connectivity index (χ4n) is 2.23. The maximum absolute atomic E-state index is 11.1. The Labute approximate surface area is 130 Å². The number of hydrogen-bond donors (Lipinski definition) is 2. The van der Waals surface area contributed by atoms with Crippen molar-refractivity contribution >= 4 is 22.9 Å². The van der Waals surface area contributed by atoms with Crippen LogP contribution in [-0.4, -0.2) is 12.5 Å². The second kappa shape index (κ2) is 7.38. The molecule has 0 spiro atoms. The lowest BCUT2D eigenvalue weighted by Crippen LogP contribution is -2.23. The standard InChI is InChI=1S/C17H22N2OS/c1-12(16-7-8-21-11-16)10-18-13(2)15-5-4-6-17(9-15)19-14(3)20/h4-9,11-13,18H,10H2,1-3H3,(H,19,20)/t12-,13-/m1/s1. The zero-order valence-corrected chi connectivity index (χ0v) is 13.5. The van der Waals surface area contributed by atoms with Crippen LogP contribution in [0.15, 0.2) is 41.1 Å². The highest BCUT2D eigenvalue weighted by Gasteiger charge is 2.10. The van der Waals surface area contributed by atoms with E-state index in [0.29, 0.717) is 5.92 Å². The molecular weight excluding hydrogens is 280 g/mol. The van der Waals surface area contributed by atoms with Crippen molar-refractivity contribution < 1.29 is 4.79 Å². The first-order valence-corrected chi connectivity index (χ1v) is 8.13. The third-order valence-corrected chi connectivity index (χ3v) is 4.25. The highest BCUT2D eigenvalue weighted by molar-refractivity contribution is 7.07. The van der Waals surface area contributed by atoms with E-state index in [1.807, 2.05) is 18.2 Å². The summed E-state index contributed by atoms with van der Waals surface area (Å²) in [5.41, 5.74) is 3.41. The molecule has 1 amide bonds. The Bertz CT molecular complexity index is 580. The molecule has 0 bridgehead atoms. The third kappa shape index (κ3) is 4.69. The van der Waals surface area contributed by atoms with Gasteiger partial charge in [0.15, 0.2) is 0 Å². The normalized spacial score (nSPS) is 13.7. The summed E-state index contributed by atoms with van der Waals surface area (Å²) in [4.78, 5) is 11.1. The fraction of sp³-hybridized carbons (Fsp3) is 0.353. The zero-order valence-electron chi connectivity index (χ0n) is 12.7. The molecule has 0 aliphatic carbocycles.